The smallest absolute Gasteiger partial charge is 0.291 e. The maximum Gasteiger partial charge on any atom is 0.291 e. The Morgan fingerprint density at radius 1 is 1.06 bits per heavy atom. The van der Waals surface area contributed by atoms with Crippen LogP contribution in [-0.2, 0) is 17.9 Å². The van der Waals surface area contributed by atoms with E-state index in [4.69, 9.17) is 0 Å². The highest BCUT2D eigenvalue weighted by atomic mass is 16.2. The summed E-state index contributed by atoms with van der Waals surface area (Å²) in [5.74, 6) is 0.314. The van der Waals surface area contributed by atoms with Gasteiger partial charge in [0.1, 0.15) is 12.1 Å². The SMILES string of the molecule is Cc1cc(C)c(Cn2c3ccccc3c3cnn(CC(=O)N[C@H]4CCCC[C@H]4C)c(=O)c32)c(C)c1. The van der Waals surface area contributed by atoms with Gasteiger partial charge in [-0.1, -0.05) is 55.7 Å². The zero-order chi connectivity index (χ0) is 24.7. The van der Waals surface area contributed by atoms with Gasteiger partial charge in [-0.05, 0) is 62.3 Å². The highest BCUT2D eigenvalue weighted by Gasteiger charge is 2.24. The maximum absolute atomic E-state index is 13.7. The molecule has 2 heterocycles. The van der Waals surface area contributed by atoms with Crippen molar-refractivity contribution in [3.05, 3.63) is 75.2 Å². The van der Waals surface area contributed by atoms with Gasteiger partial charge in [-0.25, -0.2) is 4.68 Å². The van der Waals surface area contributed by atoms with Crippen molar-refractivity contribution >= 4 is 27.7 Å². The molecule has 1 aliphatic rings. The van der Waals surface area contributed by atoms with Crippen LogP contribution in [0.4, 0.5) is 0 Å². The minimum absolute atomic E-state index is 0.0674. The molecule has 6 heteroatoms. The van der Waals surface area contributed by atoms with Gasteiger partial charge in [0.15, 0.2) is 0 Å². The van der Waals surface area contributed by atoms with Gasteiger partial charge < -0.3 is 9.88 Å². The van der Waals surface area contributed by atoms with Crippen molar-refractivity contribution in [2.45, 2.75) is 72.5 Å². The predicted octanol–water partition coefficient (Wildman–Crippen LogP) is 5.02. The molecule has 5 rings (SSSR count). The Hall–Kier alpha value is -3.41. The largest absolute Gasteiger partial charge is 0.351 e. The van der Waals surface area contributed by atoms with Crippen molar-refractivity contribution < 1.29 is 4.79 Å². The summed E-state index contributed by atoms with van der Waals surface area (Å²) < 4.78 is 3.41. The third kappa shape index (κ3) is 4.38. The zero-order valence-electron chi connectivity index (χ0n) is 21.1. The molecule has 4 aromatic rings. The number of amides is 1. The van der Waals surface area contributed by atoms with Crippen LogP contribution in [0, 0.1) is 26.7 Å². The van der Waals surface area contributed by atoms with Gasteiger partial charge in [0.05, 0.1) is 6.20 Å². The Bertz CT molecular complexity index is 1460. The van der Waals surface area contributed by atoms with Crippen molar-refractivity contribution in [1.29, 1.82) is 0 Å². The number of para-hydroxylation sites is 1. The van der Waals surface area contributed by atoms with Crippen LogP contribution in [0.2, 0.25) is 0 Å². The van der Waals surface area contributed by atoms with Crippen LogP contribution in [0.1, 0.15) is 54.9 Å². The van der Waals surface area contributed by atoms with Crippen LogP contribution in [0.5, 0.6) is 0 Å². The first-order valence-corrected chi connectivity index (χ1v) is 12.7. The Morgan fingerprint density at radius 2 is 1.77 bits per heavy atom. The molecule has 0 bridgehead atoms. The summed E-state index contributed by atoms with van der Waals surface area (Å²) in [4.78, 5) is 26.6. The van der Waals surface area contributed by atoms with Crippen molar-refractivity contribution in [2.24, 2.45) is 5.92 Å². The number of carbonyl (C=O) groups is 1. The van der Waals surface area contributed by atoms with E-state index in [0.717, 1.165) is 35.6 Å². The molecule has 1 aliphatic carbocycles. The number of rotatable bonds is 5. The fourth-order valence-electron chi connectivity index (χ4n) is 5.81. The molecule has 1 saturated carbocycles. The number of nitrogens with one attached hydrogen (secondary N) is 1. The summed E-state index contributed by atoms with van der Waals surface area (Å²) in [6.07, 6.45) is 6.22. The van der Waals surface area contributed by atoms with E-state index in [2.05, 4.69) is 60.9 Å². The molecule has 2 aromatic carbocycles. The number of aromatic nitrogens is 3. The van der Waals surface area contributed by atoms with Crippen molar-refractivity contribution in [3.63, 3.8) is 0 Å². The van der Waals surface area contributed by atoms with Crippen LogP contribution >= 0.6 is 0 Å². The highest BCUT2D eigenvalue weighted by molar-refractivity contribution is 6.07. The molecular formula is C29H34N4O2. The molecule has 1 fully saturated rings. The van der Waals surface area contributed by atoms with E-state index in [9.17, 15) is 9.59 Å². The lowest BCUT2D eigenvalue weighted by Gasteiger charge is -2.29. The molecule has 35 heavy (non-hydrogen) atoms. The molecule has 1 N–H and O–H groups in total. The van der Waals surface area contributed by atoms with E-state index in [1.807, 2.05) is 18.2 Å². The van der Waals surface area contributed by atoms with Gasteiger partial charge in [-0.3, -0.25) is 9.59 Å². The Balaban J connectivity index is 1.56. The highest BCUT2D eigenvalue weighted by Crippen LogP contribution is 2.29. The summed E-state index contributed by atoms with van der Waals surface area (Å²) in [6.45, 7) is 9.07. The van der Waals surface area contributed by atoms with E-state index in [1.54, 1.807) is 6.20 Å². The molecule has 6 nitrogen and oxygen atoms in total. The Labute approximate surface area is 206 Å². The van der Waals surface area contributed by atoms with E-state index in [0.29, 0.717) is 18.0 Å². The lowest BCUT2D eigenvalue weighted by molar-refractivity contribution is -0.123. The molecule has 2 aromatic heterocycles. The standard InChI is InChI=1S/C29H34N4O2/c1-18-13-20(3)24(21(4)14-18)16-32-26-12-8-6-10-22(26)23-15-30-33(29(35)28(23)32)17-27(34)31-25-11-7-5-9-19(25)2/h6,8,10,12-15,19,25H,5,7,9,11,16-17H2,1-4H3,(H,31,34)/t19-,25+/m1/s1. The number of hydrogen-bond acceptors (Lipinski definition) is 3. The number of nitrogens with zero attached hydrogens (tertiary/aromatic N) is 3. The Morgan fingerprint density at radius 3 is 2.51 bits per heavy atom. The van der Waals surface area contributed by atoms with Gasteiger partial charge in [0.2, 0.25) is 5.91 Å². The molecule has 0 spiro atoms. The van der Waals surface area contributed by atoms with E-state index < -0.39 is 0 Å². The number of fused-ring (bicyclic) bond motifs is 3. The van der Waals surface area contributed by atoms with Crippen LogP contribution in [0.15, 0.2) is 47.4 Å². The minimum Gasteiger partial charge on any atom is -0.351 e. The lowest BCUT2D eigenvalue weighted by Crippen LogP contribution is -2.43. The Kier molecular flexibility index (Phi) is 6.22. The van der Waals surface area contributed by atoms with Crippen LogP contribution < -0.4 is 10.9 Å². The predicted molar refractivity (Wildman–Crippen MR) is 141 cm³/mol. The number of carbonyl (C=O) groups excluding carboxylic acids is 1. The maximum atomic E-state index is 13.7. The first kappa shape index (κ1) is 23.3. The van der Waals surface area contributed by atoms with Crippen molar-refractivity contribution in [3.8, 4) is 0 Å². The fourth-order valence-corrected chi connectivity index (χ4v) is 5.81. The summed E-state index contributed by atoms with van der Waals surface area (Å²) in [7, 11) is 0. The van der Waals surface area contributed by atoms with Crippen molar-refractivity contribution in [1.82, 2.24) is 19.7 Å². The molecule has 0 saturated heterocycles. The van der Waals surface area contributed by atoms with Crippen molar-refractivity contribution in [2.75, 3.05) is 0 Å². The number of benzene rings is 2. The van der Waals surface area contributed by atoms with E-state index >= 15 is 0 Å². The average Bonchev–Trinajstić information content (AvgIpc) is 3.14. The molecule has 0 unspecified atom stereocenters. The van der Waals surface area contributed by atoms with Crippen LogP contribution in [0.25, 0.3) is 21.8 Å². The second kappa shape index (κ2) is 9.33. The minimum atomic E-state index is -0.229. The first-order valence-electron chi connectivity index (χ1n) is 12.7. The van der Waals surface area contributed by atoms with Gasteiger partial charge in [0.25, 0.3) is 5.56 Å². The number of aryl methyl sites for hydroxylation is 3. The second-order valence-corrected chi connectivity index (χ2v) is 10.3. The zero-order valence-corrected chi connectivity index (χ0v) is 21.1. The molecule has 182 valence electrons. The quantitative estimate of drug-likeness (QED) is 0.445. The normalized spacial score (nSPS) is 18.3. The van der Waals surface area contributed by atoms with Crippen LogP contribution in [0.3, 0.4) is 0 Å². The second-order valence-electron chi connectivity index (χ2n) is 10.3. The third-order valence-electron chi connectivity index (χ3n) is 7.68. The molecule has 0 aliphatic heterocycles. The summed E-state index contributed by atoms with van der Waals surface area (Å²) in [5, 5.41) is 9.38. The number of hydrogen-bond donors (Lipinski definition) is 1. The topological polar surface area (TPSA) is 68.9 Å². The summed E-state index contributed by atoms with van der Waals surface area (Å²) >= 11 is 0. The molecule has 0 radical (unpaired) electrons. The fraction of sp³-hybridized carbons (Fsp3) is 0.414. The van der Waals surface area contributed by atoms with Gasteiger partial charge >= 0.3 is 0 Å². The van der Waals surface area contributed by atoms with Gasteiger partial charge in [-0.15, -0.1) is 0 Å². The monoisotopic (exact) mass is 470 g/mol. The van der Waals surface area contributed by atoms with E-state index in [-0.39, 0.29) is 24.1 Å². The van der Waals surface area contributed by atoms with Crippen LogP contribution in [-0.4, -0.2) is 26.3 Å². The summed E-state index contributed by atoms with van der Waals surface area (Å²) in [6, 6.07) is 12.6. The lowest BCUT2D eigenvalue weighted by atomic mass is 9.86. The molecule has 2 atom stereocenters. The molecular weight excluding hydrogens is 436 g/mol. The molecule has 1 amide bonds. The average molecular weight is 471 g/mol. The third-order valence-corrected chi connectivity index (χ3v) is 7.68. The van der Waals surface area contributed by atoms with Gasteiger partial charge in [0, 0.05) is 28.9 Å². The van der Waals surface area contributed by atoms with Gasteiger partial charge in [-0.2, -0.15) is 5.10 Å². The summed E-state index contributed by atoms with van der Waals surface area (Å²) in [5.41, 5.74) is 6.24. The first-order chi connectivity index (χ1) is 16.8. The van der Waals surface area contributed by atoms with E-state index in [1.165, 1.54) is 33.4 Å².